The summed E-state index contributed by atoms with van der Waals surface area (Å²) in [4.78, 5) is 27.9. The number of anilines is 1. The first-order valence-electron chi connectivity index (χ1n) is 8.78. The van der Waals surface area contributed by atoms with Gasteiger partial charge in [0.25, 0.3) is 15.6 Å². The van der Waals surface area contributed by atoms with Crippen LogP contribution in [0.25, 0.3) is 5.82 Å². The lowest BCUT2D eigenvalue weighted by Gasteiger charge is -2.22. The molecule has 2 heterocycles. The third kappa shape index (κ3) is 4.06. The number of hydrogen-bond donors (Lipinski definition) is 1. The van der Waals surface area contributed by atoms with E-state index < -0.39 is 21.6 Å². The van der Waals surface area contributed by atoms with Crippen molar-refractivity contribution in [3.05, 3.63) is 70.8 Å². The van der Waals surface area contributed by atoms with Crippen molar-refractivity contribution in [3.8, 4) is 5.82 Å². The number of para-hydroxylation sites is 1. The molecule has 3 rings (SSSR count). The lowest BCUT2D eigenvalue weighted by molar-refractivity contribution is -0.139. The molecule has 0 spiro atoms. The van der Waals surface area contributed by atoms with E-state index in [9.17, 15) is 18.0 Å². The number of sulfonamides is 1. The number of methoxy groups -OCH3 is 1. The molecule has 0 atom stereocenters. The molecule has 0 saturated heterocycles. The number of rotatable bonds is 7. The molecule has 0 saturated carbocycles. The normalized spacial score (nSPS) is 11.2. The van der Waals surface area contributed by atoms with Crippen LogP contribution in [0.1, 0.15) is 12.5 Å². The van der Waals surface area contributed by atoms with Crippen LogP contribution in [0.3, 0.4) is 0 Å². The molecule has 2 aromatic heterocycles. The van der Waals surface area contributed by atoms with Gasteiger partial charge in [0.1, 0.15) is 4.90 Å². The van der Waals surface area contributed by atoms with Crippen LogP contribution in [0.5, 0.6) is 0 Å². The van der Waals surface area contributed by atoms with E-state index in [1.54, 1.807) is 31.2 Å². The van der Waals surface area contributed by atoms with Crippen LogP contribution >= 0.6 is 0 Å². The van der Waals surface area contributed by atoms with Crippen LogP contribution in [0, 0.1) is 0 Å². The molecular weight excluding hydrogens is 396 g/mol. The summed E-state index contributed by atoms with van der Waals surface area (Å²) in [6, 6.07) is 11.6. The first-order valence-corrected chi connectivity index (χ1v) is 10.2. The Hall–Kier alpha value is -3.40. The molecule has 3 aromatic rings. The Morgan fingerprint density at radius 1 is 1.21 bits per heavy atom. The number of benzene rings is 1. The van der Waals surface area contributed by atoms with Gasteiger partial charge < -0.3 is 4.74 Å². The highest BCUT2D eigenvalue weighted by atomic mass is 32.2. The molecule has 10 heteroatoms. The van der Waals surface area contributed by atoms with Crippen molar-refractivity contribution in [2.45, 2.75) is 18.2 Å². The van der Waals surface area contributed by atoms with Crippen LogP contribution < -0.4 is 9.86 Å². The van der Waals surface area contributed by atoms with E-state index in [4.69, 9.17) is 0 Å². The summed E-state index contributed by atoms with van der Waals surface area (Å²) < 4.78 is 33.0. The van der Waals surface area contributed by atoms with Gasteiger partial charge in [-0.05, 0) is 31.2 Å². The minimum Gasteiger partial charge on any atom is -0.469 e. The van der Waals surface area contributed by atoms with Crippen LogP contribution in [0.15, 0.2) is 64.5 Å². The number of aromatic nitrogens is 3. The van der Waals surface area contributed by atoms with Crippen LogP contribution in [-0.2, 0) is 26.0 Å². The van der Waals surface area contributed by atoms with Gasteiger partial charge in [-0.15, -0.1) is 0 Å². The van der Waals surface area contributed by atoms with Crippen molar-refractivity contribution >= 4 is 21.7 Å². The van der Waals surface area contributed by atoms with Gasteiger partial charge in [0.2, 0.25) is 0 Å². The summed E-state index contributed by atoms with van der Waals surface area (Å²) in [5.41, 5.74) is 0.307. The van der Waals surface area contributed by atoms with Gasteiger partial charge in [-0.3, -0.25) is 19.0 Å². The largest absolute Gasteiger partial charge is 0.469 e. The van der Waals surface area contributed by atoms with Gasteiger partial charge >= 0.3 is 5.97 Å². The van der Waals surface area contributed by atoms with Crippen molar-refractivity contribution in [2.75, 3.05) is 18.0 Å². The zero-order valence-electron chi connectivity index (χ0n) is 15.9. The maximum absolute atomic E-state index is 13.0. The molecule has 0 bridgehead atoms. The Labute approximate surface area is 167 Å². The number of aromatic amines is 1. The van der Waals surface area contributed by atoms with E-state index in [1.165, 1.54) is 35.9 Å². The van der Waals surface area contributed by atoms with Crippen LogP contribution in [0.2, 0.25) is 0 Å². The zero-order chi connectivity index (χ0) is 21.0. The molecule has 1 N–H and O–H groups in total. The quantitative estimate of drug-likeness (QED) is 0.584. The number of nitrogens with one attached hydrogen (secondary N) is 1. The minimum atomic E-state index is -3.82. The smallest absolute Gasteiger partial charge is 0.310 e. The van der Waals surface area contributed by atoms with Crippen molar-refractivity contribution in [1.82, 2.24) is 14.8 Å². The average Bonchev–Trinajstić information content (AvgIpc) is 3.09. The molecule has 29 heavy (non-hydrogen) atoms. The second-order valence-corrected chi connectivity index (χ2v) is 7.91. The molecule has 1 aromatic carbocycles. The zero-order valence-corrected chi connectivity index (χ0v) is 16.7. The number of H-pyrrole nitrogens is 1. The highest BCUT2D eigenvalue weighted by Crippen LogP contribution is 2.23. The van der Waals surface area contributed by atoms with Crippen molar-refractivity contribution in [1.29, 1.82) is 0 Å². The maximum atomic E-state index is 13.0. The molecule has 0 fully saturated rings. The summed E-state index contributed by atoms with van der Waals surface area (Å²) in [7, 11) is -2.58. The molecule has 0 aliphatic carbocycles. The van der Waals surface area contributed by atoms with E-state index in [0.717, 1.165) is 4.68 Å². The first kappa shape index (κ1) is 20.3. The highest BCUT2D eigenvalue weighted by molar-refractivity contribution is 7.92. The SMILES string of the molecule is CCN(c1ccccc1)S(=O)(=O)c1ccc(-n2[nH]cc(CC(=O)OC)c2=O)nc1. The Kier molecular flexibility index (Phi) is 5.83. The number of pyridine rings is 1. The third-order valence-corrected chi connectivity index (χ3v) is 6.16. The van der Waals surface area contributed by atoms with Crippen LogP contribution in [0.4, 0.5) is 5.69 Å². The summed E-state index contributed by atoms with van der Waals surface area (Å²) in [6.07, 6.45) is 2.41. The van der Waals surface area contributed by atoms with Crippen molar-refractivity contribution in [2.24, 2.45) is 0 Å². The lowest BCUT2D eigenvalue weighted by Crippen LogP contribution is -2.31. The summed E-state index contributed by atoms with van der Waals surface area (Å²) in [5, 5.41) is 2.71. The fourth-order valence-corrected chi connectivity index (χ4v) is 4.22. The molecule has 152 valence electrons. The van der Waals surface area contributed by atoms with Gasteiger partial charge in [0, 0.05) is 24.5 Å². The highest BCUT2D eigenvalue weighted by Gasteiger charge is 2.24. The number of esters is 1. The summed E-state index contributed by atoms with van der Waals surface area (Å²) in [5.74, 6) is -0.337. The molecular formula is C19H20N4O5S. The Balaban J connectivity index is 1.90. The van der Waals surface area contributed by atoms with E-state index >= 15 is 0 Å². The van der Waals surface area contributed by atoms with Gasteiger partial charge in [-0.2, -0.15) is 0 Å². The topological polar surface area (TPSA) is 114 Å². The number of hydrogen-bond acceptors (Lipinski definition) is 6. The Bertz CT molecular complexity index is 1150. The average molecular weight is 416 g/mol. The maximum Gasteiger partial charge on any atom is 0.310 e. The Morgan fingerprint density at radius 2 is 1.93 bits per heavy atom. The number of carbonyl (C=O) groups is 1. The molecule has 9 nitrogen and oxygen atoms in total. The van der Waals surface area contributed by atoms with E-state index in [0.29, 0.717) is 5.69 Å². The fourth-order valence-electron chi connectivity index (χ4n) is 2.80. The summed E-state index contributed by atoms with van der Waals surface area (Å²) >= 11 is 0. The number of nitrogens with zero attached hydrogens (tertiary/aromatic N) is 3. The molecule has 0 amide bonds. The third-order valence-electron chi connectivity index (χ3n) is 4.28. The van der Waals surface area contributed by atoms with Gasteiger partial charge in [-0.25, -0.2) is 18.1 Å². The predicted molar refractivity (Wildman–Crippen MR) is 107 cm³/mol. The van der Waals surface area contributed by atoms with E-state index in [1.807, 2.05) is 6.07 Å². The van der Waals surface area contributed by atoms with Gasteiger partial charge in [-0.1, -0.05) is 18.2 Å². The number of ether oxygens (including phenoxy) is 1. The Morgan fingerprint density at radius 3 is 2.52 bits per heavy atom. The lowest BCUT2D eigenvalue weighted by atomic mass is 10.2. The fraction of sp³-hybridized carbons (Fsp3) is 0.211. The molecule has 0 radical (unpaired) electrons. The minimum absolute atomic E-state index is 0.00124. The van der Waals surface area contributed by atoms with E-state index in [-0.39, 0.29) is 29.2 Å². The molecule has 0 aliphatic heterocycles. The van der Waals surface area contributed by atoms with E-state index in [2.05, 4.69) is 14.8 Å². The second kappa shape index (κ2) is 8.31. The monoisotopic (exact) mass is 416 g/mol. The first-order chi connectivity index (χ1) is 13.9. The van der Waals surface area contributed by atoms with Gasteiger partial charge in [0.05, 0.1) is 19.2 Å². The predicted octanol–water partition coefficient (Wildman–Crippen LogP) is 1.49. The van der Waals surface area contributed by atoms with Crippen LogP contribution in [-0.4, -0.2) is 42.8 Å². The molecule has 0 unspecified atom stereocenters. The summed E-state index contributed by atoms with van der Waals surface area (Å²) in [6.45, 7) is 1.99. The number of carbonyl (C=O) groups excluding carboxylic acids is 1. The second-order valence-electron chi connectivity index (χ2n) is 6.05. The molecule has 0 aliphatic rings. The standard InChI is InChI=1S/C19H20N4O5S/c1-3-22(15-7-5-4-6-8-15)29(26,27)16-9-10-17(20-13-16)23-19(25)14(12-21-23)11-18(24)28-2/h4-10,12-13,21H,3,11H2,1-2H3. The van der Waals surface area contributed by atoms with Crippen molar-refractivity contribution < 1.29 is 17.9 Å². The van der Waals surface area contributed by atoms with Gasteiger partial charge in [0.15, 0.2) is 5.82 Å². The van der Waals surface area contributed by atoms with Crippen molar-refractivity contribution in [3.63, 3.8) is 0 Å².